The van der Waals surface area contributed by atoms with Crippen molar-refractivity contribution in [2.45, 2.75) is 36.9 Å². The number of hydrogen-bond acceptors (Lipinski definition) is 11. The third kappa shape index (κ3) is 6.20. The molecule has 232 valence electrons. The van der Waals surface area contributed by atoms with Crippen LogP contribution in [0.1, 0.15) is 42.1 Å². The number of benzene rings is 3. The molecule has 12 heteroatoms. The minimum absolute atomic E-state index is 0.0904. The smallest absolute Gasteiger partial charge is 0.301 e. The van der Waals surface area contributed by atoms with Crippen molar-refractivity contribution < 1.29 is 33.6 Å². The van der Waals surface area contributed by atoms with Crippen molar-refractivity contribution >= 4 is 45.7 Å². The summed E-state index contributed by atoms with van der Waals surface area (Å²) in [4.78, 5) is 28.8. The van der Waals surface area contributed by atoms with Crippen LogP contribution in [-0.2, 0) is 15.3 Å². The number of amides is 1. The number of rotatable bonds is 10. The van der Waals surface area contributed by atoms with E-state index in [-0.39, 0.29) is 16.5 Å². The van der Waals surface area contributed by atoms with Crippen molar-refractivity contribution in [3.05, 3.63) is 88.5 Å². The third-order valence-corrected chi connectivity index (χ3v) is 9.36. The summed E-state index contributed by atoms with van der Waals surface area (Å²) in [6.45, 7) is 7.33. The molecule has 3 heterocycles. The fourth-order valence-corrected chi connectivity index (χ4v) is 6.94. The fourth-order valence-electron chi connectivity index (χ4n) is 5.12. The Hall–Kier alpha value is -4.55. The molecular formula is C33H31N3O7S2. The molecule has 45 heavy (non-hydrogen) atoms. The summed E-state index contributed by atoms with van der Waals surface area (Å²) in [5.74, 6) is 0.606. The topological polar surface area (TPSA) is 120 Å². The van der Waals surface area contributed by atoms with E-state index in [2.05, 4.69) is 34.5 Å². The Kier molecular flexibility index (Phi) is 8.95. The monoisotopic (exact) mass is 645 g/mol. The number of carbonyl (C=O) groups is 2. The number of aliphatic hydroxyl groups is 1. The lowest BCUT2D eigenvalue weighted by Gasteiger charge is -2.24. The van der Waals surface area contributed by atoms with Crippen molar-refractivity contribution in [3.8, 4) is 23.0 Å². The van der Waals surface area contributed by atoms with Gasteiger partial charge in [0.25, 0.3) is 5.78 Å². The second-order valence-electron chi connectivity index (χ2n) is 10.2. The molecule has 0 spiro atoms. The van der Waals surface area contributed by atoms with Crippen molar-refractivity contribution in [2.24, 2.45) is 0 Å². The van der Waals surface area contributed by atoms with E-state index in [0.29, 0.717) is 70.6 Å². The lowest BCUT2D eigenvalue weighted by atomic mass is 9.95. The van der Waals surface area contributed by atoms with E-state index in [4.69, 9.17) is 18.9 Å². The number of aryl methyl sites for hydroxylation is 1. The molecule has 10 nitrogen and oxygen atoms in total. The van der Waals surface area contributed by atoms with E-state index in [9.17, 15) is 14.7 Å². The summed E-state index contributed by atoms with van der Waals surface area (Å²) in [6.07, 6.45) is 0. The Labute approximate surface area is 268 Å². The first kappa shape index (κ1) is 30.5. The van der Waals surface area contributed by atoms with Crippen molar-refractivity contribution in [2.75, 3.05) is 31.3 Å². The zero-order chi connectivity index (χ0) is 31.5. The number of hydrogen-bond donors (Lipinski definition) is 1. The van der Waals surface area contributed by atoms with Crippen LogP contribution in [0.5, 0.6) is 23.0 Å². The summed E-state index contributed by atoms with van der Waals surface area (Å²) >= 11 is 2.70. The number of ether oxygens (including phenoxy) is 4. The summed E-state index contributed by atoms with van der Waals surface area (Å²) in [7, 11) is 0. The normalized spacial score (nSPS) is 17.0. The molecule has 1 saturated heterocycles. The van der Waals surface area contributed by atoms with Gasteiger partial charge < -0.3 is 24.1 Å². The second-order valence-corrected chi connectivity index (χ2v) is 12.4. The SMILES string of the molecule is CCOc1ccc([C@@H]2/C(=C(\O)c3ccc4c(c3)OCCO4)C(=O)C(=O)N2c2nnc(SCc3ccc(C)cc3)s2)cc1OCC. The Morgan fingerprint density at radius 2 is 1.69 bits per heavy atom. The Balaban J connectivity index is 1.42. The van der Waals surface area contributed by atoms with Crippen molar-refractivity contribution in [1.29, 1.82) is 0 Å². The molecule has 3 aromatic carbocycles. The number of thioether (sulfide) groups is 1. The molecule has 1 fully saturated rings. The molecule has 1 N–H and O–H groups in total. The molecule has 1 amide bonds. The third-order valence-electron chi connectivity index (χ3n) is 7.23. The standard InChI is InChI=1S/C33H31N3O7S2/c1-4-40-23-12-10-21(16-25(23)41-5-2)28-27(29(37)22-11-13-24-26(17-22)43-15-14-42-24)30(38)31(39)36(28)32-34-35-33(45-32)44-18-20-8-6-19(3)7-9-20/h6-13,16-17,28,37H,4-5,14-15,18H2,1-3H3/b29-27+/t28-/m1/s1. The van der Waals surface area contributed by atoms with Gasteiger partial charge in [-0.3, -0.25) is 14.5 Å². The van der Waals surface area contributed by atoms with Crippen LogP contribution in [0.3, 0.4) is 0 Å². The van der Waals surface area contributed by atoms with Crippen molar-refractivity contribution in [1.82, 2.24) is 10.2 Å². The highest BCUT2D eigenvalue weighted by molar-refractivity contribution is 8.00. The van der Waals surface area contributed by atoms with E-state index in [0.717, 1.165) is 5.56 Å². The zero-order valence-corrected chi connectivity index (χ0v) is 26.6. The van der Waals surface area contributed by atoms with Crippen LogP contribution in [0.15, 0.2) is 70.6 Å². The summed E-state index contributed by atoms with van der Waals surface area (Å²) in [5.41, 5.74) is 3.05. The van der Waals surface area contributed by atoms with Gasteiger partial charge >= 0.3 is 5.91 Å². The molecule has 2 aliphatic rings. The van der Waals surface area contributed by atoms with E-state index < -0.39 is 17.7 Å². The van der Waals surface area contributed by atoms with Gasteiger partial charge in [0, 0.05) is 11.3 Å². The molecule has 0 bridgehead atoms. The van der Waals surface area contributed by atoms with Crippen LogP contribution in [0.2, 0.25) is 0 Å². The molecule has 6 rings (SSSR count). The summed E-state index contributed by atoms with van der Waals surface area (Å²) in [6, 6.07) is 17.3. The maximum absolute atomic E-state index is 13.7. The van der Waals surface area contributed by atoms with Crippen LogP contribution in [0.4, 0.5) is 5.13 Å². The maximum atomic E-state index is 13.7. The van der Waals surface area contributed by atoms with Gasteiger partial charge in [0.1, 0.15) is 19.0 Å². The number of Topliss-reactive ketones (excluding diaryl/α,β-unsaturated/α-hetero) is 1. The number of anilines is 1. The van der Waals surface area contributed by atoms with Gasteiger partial charge in [0.05, 0.1) is 24.8 Å². The molecule has 1 atom stereocenters. The lowest BCUT2D eigenvalue weighted by molar-refractivity contribution is -0.132. The Bertz CT molecular complexity index is 1770. The van der Waals surface area contributed by atoms with Crippen LogP contribution in [-0.4, -0.2) is 53.4 Å². The van der Waals surface area contributed by atoms with Gasteiger partial charge in [-0.2, -0.15) is 0 Å². The zero-order valence-electron chi connectivity index (χ0n) is 24.9. The molecule has 4 aromatic rings. The average molecular weight is 646 g/mol. The van der Waals surface area contributed by atoms with Crippen molar-refractivity contribution in [3.63, 3.8) is 0 Å². The number of aliphatic hydroxyl groups excluding tert-OH is 1. The quantitative estimate of drug-likeness (QED) is 0.0688. The van der Waals surface area contributed by atoms with Crippen LogP contribution < -0.4 is 23.8 Å². The summed E-state index contributed by atoms with van der Waals surface area (Å²) in [5, 5.41) is 20.5. The Morgan fingerprint density at radius 3 is 2.44 bits per heavy atom. The number of nitrogens with zero attached hydrogens (tertiary/aromatic N) is 3. The maximum Gasteiger partial charge on any atom is 0.301 e. The average Bonchev–Trinajstić information content (AvgIpc) is 3.63. The number of ketones is 1. The van der Waals surface area contributed by atoms with Gasteiger partial charge in [-0.05, 0) is 62.2 Å². The van der Waals surface area contributed by atoms with Crippen LogP contribution in [0, 0.1) is 6.92 Å². The molecule has 1 aromatic heterocycles. The van der Waals surface area contributed by atoms with Gasteiger partial charge in [-0.25, -0.2) is 0 Å². The van der Waals surface area contributed by atoms with Gasteiger partial charge in [0.2, 0.25) is 5.13 Å². The lowest BCUT2D eigenvalue weighted by Crippen LogP contribution is -2.29. The van der Waals surface area contributed by atoms with Crippen LogP contribution in [0.25, 0.3) is 5.76 Å². The highest BCUT2D eigenvalue weighted by Gasteiger charge is 2.48. The number of carbonyl (C=O) groups excluding carboxylic acids is 2. The molecule has 0 aliphatic carbocycles. The molecule has 0 unspecified atom stereocenters. The van der Waals surface area contributed by atoms with Crippen LogP contribution >= 0.6 is 23.1 Å². The van der Waals surface area contributed by atoms with Gasteiger partial charge in [-0.1, -0.05) is 59.0 Å². The minimum Gasteiger partial charge on any atom is -0.507 e. The molecular weight excluding hydrogens is 615 g/mol. The molecule has 0 radical (unpaired) electrons. The van der Waals surface area contributed by atoms with E-state index in [1.807, 2.05) is 20.8 Å². The first-order valence-electron chi connectivity index (χ1n) is 14.5. The highest BCUT2D eigenvalue weighted by Crippen LogP contribution is 2.46. The molecule has 2 aliphatic heterocycles. The van der Waals surface area contributed by atoms with Gasteiger partial charge in [0.15, 0.2) is 27.3 Å². The Morgan fingerprint density at radius 1 is 0.956 bits per heavy atom. The summed E-state index contributed by atoms with van der Waals surface area (Å²) < 4.78 is 23.6. The minimum atomic E-state index is -1.02. The largest absolute Gasteiger partial charge is 0.507 e. The van der Waals surface area contributed by atoms with E-state index in [1.54, 1.807) is 36.4 Å². The number of aromatic nitrogens is 2. The predicted octanol–water partition coefficient (Wildman–Crippen LogP) is 6.33. The van der Waals surface area contributed by atoms with Gasteiger partial charge in [-0.15, -0.1) is 10.2 Å². The fraction of sp³-hybridized carbons (Fsp3) is 0.273. The predicted molar refractivity (Wildman–Crippen MR) is 172 cm³/mol. The molecule has 0 saturated carbocycles. The highest BCUT2D eigenvalue weighted by atomic mass is 32.2. The number of fused-ring (bicyclic) bond motifs is 1. The van der Waals surface area contributed by atoms with E-state index >= 15 is 0 Å². The first-order chi connectivity index (χ1) is 21.9. The van der Waals surface area contributed by atoms with E-state index in [1.165, 1.54) is 33.6 Å². The first-order valence-corrected chi connectivity index (χ1v) is 16.3. The second kappa shape index (κ2) is 13.2.